The summed E-state index contributed by atoms with van der Waals surface area (Å²) in [6, 6.07) is 9.60. The monoisotopic (exact) mass is 250 g/mol. The molecule has 1 aliphatic rings. The van der Waals surface area contributed by atoms with E-state index in [1.54, 1.807) is 0 Å². The maximum absolute atomic E-state index is 11.6. The molecule has 1 heterocycles. The van der Waals surface area contributed by atoms with Crippen LogP contribution in [0.1, 0.15) is 25.6 Å². The summed E-state index contributed by atoms with van der Waals surface area (Å²) in [6.07, 6.45) is -0.633. The van der Waals surface area contributed by atoms with E-state index in [0.29, 0.717) is 4.99 Å². The highest BCUT2D eigenvalue weighted by Crippen LogP contribution is 2.23. The molecule has 0 saturated carbocycles. The SMILES string of the molecule is CC(=O)N1O[C@@H](C)C(=S)N[C@H]1c1ccccc1. The van der Waals surface area contributed by atoms with Crippen LogP contribution in [0.2, 0.25) is 0 Å². The maximum Gasteiger partial charge on any atom is 0.245 e. The predicted molar refractivity (Wildman–Crippen MR) is 68.0 cm³/mol. The van der Waals surface area contributed by atoms with Crippen molar-refractivity contribution in [1.29, 1.82) is 0 Å². The first-order chi connectivity index (χ1) is 8.09. The molecule has 0 aromatic heterocycles. The Hall–Kier alpha value is -1.46. The summed E-state index contributed by atoms with van der Waals surface area (Å²) >= 11 is 5.17. The lowest BCUT2D eigenvalue weighted by atomic mass is 10.1. The highest BCUT2D eigenvalue weighted by Gasteiger charge is 2.32. The van der Waals surface area contributed by atoms with Gasteiger partial charge in [-0.15, -0.1) is 0 Å². The van der Waals surface area contributed by atoms with Crippen molar-refractivity contribution in [1.82, 2.24) is 10.4 Å². The fourth-order valence-corrected chi connectivity index (χ4v) is 1.85. The van der Waals surface area contributed by atoms with Crippen molar-refractivity contribution in [3.8, 4) is 0 Å². The zero-order valence-corrected chi connectivity index (χ0v) is 10.5. The lowest BCUT2D eigenvalue weighted by molar-refractivity contribution is -0.217. The van der Waals surface area contributed by atoms with Gasteiger partial charge in [-0.25, -0.2) is 0 Å². The number of benzene rings is 1. The zero-order chi connectivity index (χ0) is 12.4. The second-order valence-electron chi connectivity index (χ2n) is 3.91. The maximum atomic E-state index is 11.6. The number of hydrogen-bond donors (Lipinski definition) is 1. The van der Waals surface area contributed by atoms with Crippen molar-refractivity contribution in [2.24, 2.45) is 0 Å². The minimum atomic E-state index is -0.350. The van der Waals surface area contributed by atoms with Crippen molar-refractivity contribution < 1.29 is 9.63 Å². The van der Waals surface area contributed by atoms with Gasteiger partial charge >= 0.3 is 0 Å². The van der Waals surface area contributed by atoms with Crippen LogP contribution in [0.5, 0.6) is 0 Å². The average Bonchev–Trinajstić information content (AvgIpc) is 2.33. The van der Waals surface area contributed by atoms with Crippen LogP contribution in [0, 0.1) is 0 Å². The van der Waals surface area contributed by atoms with Crippen LogP contribution < -0.4 is 5.32 Å². The molecular weight excluding hydrogens is 236 g/mol. The third kappa shape index (κ3) is 2.45. The standard InChI is InChI=1S/C12H14N2O2S/c1-8-12(17)13-11(14(16-8)9(2)15)10-6-4-3-5-7-10/h3-8,11H,1-2H3,(H,13,17)/t8-,11+/m0/s1. The number of hydrogen-bond acceptors (Lipinski definition) is 3. The summed E-state index contributed by atoms with van der Waals surface area (Å²) in [4.78, 5) is 17.7. The fourth-order valence-electron chi connectivity index (χ4n) is 1.70. The molecule has 1 saturated heterocycles. The first-order valence-corrected chi connectivity index (χ1v) is 5.82. The molecule has 0 aliphatic carbocycles. The van der Waals surface area contributed by atoms with E-state index in [0.717, 1.165) is 5.56 Å². The molecule has 2 rings (SSSR count). The van der Waals surface area contributed by atoms with Gasteiger partial charge < -0.3 is 5.32 Å². The molecule has 5 heteroatoms. The van der Waals surface area contributed by atoms with E-state index < -0.39 is 0 Å². The van der Waals surface area contributed by atoms with Gasteiger partial charge in [0.2, 0.25) is 5.91 Å². The number of nitrogens with one attached hydrogen (secondary N) is 1. The number of amides is 1. The smallest absolute Gasteiger partial charge is 0.245 e. The summed E-state index contributed by atoms with van der Waals surface area (Å²) in [5.74, 6) is -0.152. The van der Waals surface area contributed by atoms with Crippen LogP contribution in [0.25, 0.3) is 0 Å². The second kappa shape index (κ2) is 4.81. The average molecular weight is 250 g/mol. The van der Waals surface area contributed by atoms with Crippen LogP contribution in [-0.4, -0.2) is 22.1 Å². The summed E-state index contributed by atoms with van der Waals surface area (Å²) in [7, 11) is 0. The quantitative estimate of drug-likeness (QED) is 0.771. The minimum Gasteiger partial charge on any atom is -0.352 e. The lowest BCUT2D eigenvalue weighted by Crippen LogP contribution is -2.53. The molecule has 1 aromatic rings. The van der Waals surface area contributed by atoms with Crippen molar-refractivity contribution in [3.63, 3.8) is 0 Å². The first-order valence-electron chi connectivity index (χ1n) is 5.41. The van der Waals surface area contributed by atoms with Crippen LogP contribution >= 0.6 is 12.2 Å². The second-order valence-corrected chi connectivity index (χ2v) is 4.35. The van der Waals surface area contributed by atoms with Crippen molar-refractivity contribution in [3.05, 3.63) is 35.9 Å². The Morgan fingerprint density at radius 2 is 2.06 bits per heavy atom. The van der Waals surface area contributed by atoms with Crippen LogP contribution in [-0.2, 0) is 9.63 Å². The van der Waals surface area contributed by atoms with Crippen molar-refractivity contribution >= 4 is 23.1 Å². The van der Waals surface area contributed by atoms with E-state index in [1.165, 1.54) is 12.0 Å². The van der Waals surface area contributed by atoms with Crippen LogP contribution in [0.15, 0.2) is 30.3 Å². The van der Waals surface area contributed by atoms with Gasteiger partial charge in [0.05, 0.1) is 0 Å². The van der Waals surface area contributed by atoms with Gasteiger partial charge in [0.15, 0.2) is 6.17 Å². The van der Waals surface area contributed by atoms with Crippen LogP contribution in [0.4, 0.5) is 0 Å². The molecular formula is C12H14N2O2S. The van der Waals surface area contributed by atoms with E-state index in [2.05, 4.69) is 5.32 Å². The number of rotatable bonds is 1. The molecule has 0 spiro atoms. The topological polar surface area (TPSA) is 41.6 Å². The van der Waals surface area contributed by atoms with Gasteiger partial charge in [-0.1, -0.05) is 42.5 Å². The van der Waals surface area contributed by atoms with E-state index >= 15 is 0 Å². The Kier molecular flexibility index (Phi) is 3.40. The van der Waals surface area contributed by atoms with Gasteiger partial charge in [0, 0.05) is 6.92 Å². The molecule has 1 amide bonds. The number of carbonyl (C=O) groups excluding carboxylic acids is 1. The third-order valence-electron chi connectivity index (χ3n) is 2.58. The summed E-state index contributed by atoms with van der Waals surface area (Å²) in [5, 5.41) is 4.45. The number of thiocarbonyl (C=S) groups is 1. The highest BCUT2D eigenvalue weighted by molar-refractivity contribution is 7.80. The first kappa shape index (κ1) is 12.0. The Morgan fingerprint density at radius 3 is 2.65 bits per heavy atom. The van der Waals surface area contributed by atoms with E-state index in [1.807, 2.05) is 37.3 Å². The molecule has 1 aromatic carbocycles. The van der Waals surface area contributed by atoms with Crippen molar-refractivity contribution in [2.75, 3.05) is 0 Å². The molecule has 1 aliphatic heterocycles. The van der Waals surface area contributed by atoms with Crippen molar-refractivity contribution in [2.45, 2.75) is 26.1 Å². The highest BCUT2D eigenvalue weighted by atomic mass is 32.1. The Bertz CT molecular complexity index is 435. The lowest BCUT2D eigenvalue weighted by Gasteiger charge is -2.38. The van der Waals surface area contributed by atoms with Gasteiger partial charge in [-0.2, -0.15) is 5.06 Å². The summed E-state index contributed by atoms with van der Waals surface area (Å²) in [5.41, 5.74) is 0.942. The van der Waals surface area contributed by atoms with Gasteiger partial charge in [-0.3, -0.25) is 9.63 Å². The summed E-state index contributed by atoms with van der Waals surface area (Å²) in [6.45, 7) is 3.28. The molecule has 90 valence electrons. The van der Waals surface area contributed by atoms with E-state index in [4.69, 9.17) is 17.1 Å². The number of hydroxylamine groups is 2. The van der Waals surface area contributed by atoms with E-state index in [-0.39, 0.29) is 18.2 Å². The molecule has 1 fully saturated rings. The summed E-state index contributed by atoms with van der Waals surface area (Å²) < 4.78 is 0. The molecule has 0 unspecified atom stereocenters. The Morgan fingerprint density at radius 1 is 1.41 bits per heavy atom. The normalized spacial score (nSPS) is 24.4. The van der Waals surface area contributed by atoms with E-state index in [9.17, 15) is 4.79 Å². The third-order valence-corrected chi connectivity index (χ3v) is 3.03. The van der Waals surface area contributed by atoms with Gasteiger partial charge in [-0.05, 0) is 12.5 Å². The van der Waals surface area contributed by atoms with Gasteiger partial charge in [0.25, 0.3) is 0 Å². The number of nitrogens with zero attached hydrogens (tertiary/aromatic N) is 1. The largest absolute Gasteiger partial charge is 0.352 e. The fraction of sp³-hybridized carbons (Fsp3) is 0.333. The van der Waals surface area contributed by atoms with Gasteiger partial charge in [0.1, 0.15) is 11.1 Å². The predicted octanol–water partition coefficient (Wildman–Crippen LogP) is 1.78. The Labute approximate surface area is 106 Å². The Balaban J connectivity index is 2.30. The van der Waals surface area contributed by atoms with Crippen LogP contribution in [0.3, 0.4) is 0 Å². The molecule has 4 nitrogen and oxygen atoms in total. The molecule has 2 atom stereocenters. The molecule has 1 N–H and O–H groups in total. The molecule has 17 heavy (non-hydrogen) atoms. The zero-order valence-electron chi connectivity index (χ0n) is 9.71. The molecule has 0 radical (unpaired) electrons. The number of carbonyl (C=O) groups is 1. The minimum absolute atomic E-state index is 0.152. The molecule has 0 bridgehead atoms.